The molecule has 0 atom stereocenters. The van der Waals surface area contributed by atoms with Crippen LogP contribution in [0.5, 0.6) is 0 Å². The third kappa shape index (κ3) is 2.45. The Labute approximate surface area is 94.1 Å². The minimum Gasteiger partial charge on any atom is -0.464 e. The molecule has 2 N–H and O–H groups in total. The lowest BCUT2D eigenvalue weighted by atomic mass is 10.2. The summed E-state index contributed by atoms with van der Waals surface area (Å²) >= 11 is 0. The van der Waals surface area contributed by atoms with Crippen LogP contribution >= 0.6 is 0 Å². The number of aromatic nitrogens is 1. The molecule has 0 saturated heterocycles. The van der Waals surface area contributed by atoms with Gasteiger partial charge in [-0.15, -0.1) is 0 Å². The van der Waals surface area contributed by atoms with Crippen LogP contribution in [-0.4, -0.2) is 32.3 Å². The normalized spacial score (nSPS) is 9.71. The summed E-state index contributed by atoms with van der Waals surface area (Å²) in [6.45, 7) is 1.33. The first-order chi connectivity index (χ1) is 7.84. The Morgan fingerprint density at radius 1 is 1.41 bits per heavy atom. The number of aryl methyl sites for hydroxylation is 1. The van der Waals surface area contributed by atoms with Gasteiger partial charge >= 0.3 is 12.2 Å². The Hall–Kier alpha value is -2.71. The van der Waals surface area contributed by atoms with E-state index in [9.17, 15) is 19.7 Å². The predicted molar refractivity (Wildman–Crippen MR) is 54.2 cm³/mol. The van der Waals surface area contributed by atoms with E-state index in [1.807, 2.05) is 0 Å². The van der Waals surface area contributed by atoms with Gasteiger partial charge in [0.05, 0.1) is 4.92 Å². The van der Waals surface area contributed by atoms with Crippen molar-refractivity contribution in [2.75, 3.05) is 4.90 Å². The molecule has 0 aliphatic rings. The Balaban J connectivity index is 3.27. The largest absolute Gasteiger partial charge is 0.464 e. The zero-order chi connectivity index (χ0) is 13.2. The van der Waals surface area contributed by atoms with Crippen LogP contribution in [0.3, 0.4) is 0 Å². The second-order valence-corrected chi connectivity index (χ2v) is 2.99. The van der Waals surface area contributed by atoms with Crippen LogP contribution in [0.15, 0.2) is 12.3 Å². The highest BCUT2D eigenvalue weighted by molar-refractivity contribution is 6.07. The van der Waals surface area contributed by atoms with Crippen molar-refractivity contribution in [1.82, 2.24) is 4.98 Å². The highest BCUT2D eigenvalue weighted by atomic mass is 16.6. The summed E-state index contributed by atoms with van der Waals surface area (Å²) in [4.78, 5) is 34.5. The third-order valence-electron chi connectivity index (χ3n) is 1.84. The maximum absolute atomic E-state index is 10.7. The van der Waals surface area contributed by atoms with Gasteiger partial charge < -0.3 is 10.2 Å². The lowest BCUT2D eigenvalue weighted by Gasteiger charge is -2.13. The summed E-state index contributed by atoms with van der Waals surface area (Å²) in [5, 5.41) is 27.8. The van der Waals surface area contributed by atoms with Crippen molar-refractivity contribution in [3.63, 3.8) is 0 Å². The van der Waals surface area contributed by atoms with Crippen molar-refractivity contribution in [3.05, 3.63) is 27.9 Å². The molecule has 0 saturated carbocycles. The van der Waals surface area contributed by atoms with Crippen LogP contribution in [-0.2, 0) is 0 Å². The Morgan fingerprint density at radius 3 is 2.29 bits per heavy atom. The fourth-order valence-electron chi connectivity index (χ4n) is 1.15. The molecule has 0 radical (unpaired) electrons. The number of nitro groups is 1. The van der Waals surface area contributed by atoms with E-state index in [-0.39, 0.29) is 22.0 Å². The number of pyridine rings is 1. The van der Waals surface area contributed by atoms with Crippen molar-refractivity contribution in [3.8, 4) is 0 Å². The first-order valence-corrected chi connectivity index (χ1v) is 4.21. The van der Waals surface area contributed by atoms with Gasteiger partial charge in [-0.1, -0.05) is 0 Å². The predicted octanol–water partition coefficient (Wildman–Crippen LogP) is 1.46. The molecular formula is C8H7N3O6. The number of carbonyl (C=O) groups is 2. The SMILES string of the molecule is Cc1cc([N+](=O)[O-])cnc1N(C(=O)O)C(=O)O. The van der Waals surface area contributed by atoms with Gasteiger partial charge in [0, 0.05) is 6.07 Å². The molecule has 90 valence electrons. The molecule has 1 aromatic rings. The molecule has 9 heteroatoms. The minimum atomic E-state index is -1.73. The number of hydrogen-bond acceptors (Lipinski definition) is 5. The first-order valence-electron chi connectivity index (χ1n) is 4.21. The molecule has 0 spiro atoms. The second kappa shape index (κ2) is 4.43. The minimum absolute atomic E-state index is 0.0148. The topological polar surface area (TPSA) is 134 Å². The van der Waals surface area contributed by atoms with Gasteiger partial charge in [0.1, 0.15) is 6.20 Å². The van der Waals surface area contributed by atoms with Crippen LogP contribution in [0.1, 0.15) is 5.56 Å². The molecular weight excluding hydrogens is 234 g/mol. The van der Waals surface area contributed by atoms with E-state index in [2.05, 4.69) is 4.98 Å². The van der Waals surface area contributed by atoms with Crippen LogP contribution in [0.2, 0.25) is 0 Å². The summed E-state index contributed by atoms with van der Waals surface area (Å²) in [6, 6.07) is 1.04. The molecule has 1 heterocycles. The van der Waals surface area contributed by atoms with E-state index in [4.69, 9.17) is 10.2 Å². The fraction of sp³-hybridized carbons (Fsp3) is 0.125. The van der Waals surface area contributed by atoms with Gasteiger partial charge in [-0.3, -0.25) is 10.1 Å². The van der Waals surface area contributed by atoms with E-state index >= 15 is 0 Å². The average molecular weight is 241 g/mol. The van der Waals surface area contributed by atoms with E-state index in [1.165, 1.54) is 6.92 Å². The van der Waals surface area contributed by atoms with Crippen molar-refractivity contribution in [2.45, 2.75) is 6.92 Å². The number of nitrogens with zero attached hydrogens (tertiary/aromatic N) is 3. The highest BCUT2D eigenvalue weighted by Gasteiger charge is 2.26. The van der Waals surface area contributed by atoms with Gasteiger partial charge in [0.15, 0.2) is 5.82 Å². The number of amides is 2. The summed E-state index contributed by atoms with van der Waals surface area (Å²) in [6.07, 6.45) is -2.68. The second-order valence-electron chi connectivity index (χ2n) is 2.99. The standard InChI is InChI=1S/C8H7N3O6/c1-4-2-5(11(16)17)3-9-6(4)10(7(12)13)8(14)15/h2-3H,1H3,(H,12,13)(H,14,15). The molecule has 0 aromatic carbocycles. The molecule has 17 heavy (non-hydrogen) atoms. The Morgan fingerprint density at radius 2 is 1.94 bits per heavy atom. The summed E-state index contributed by atoms with van der Waals surface area (Å²) in [7, 11) is 0. The molecule has 0 aliphatic carbocycles. The van der Waals surface area contributed by atoms with Crippen LogP contribution in [0.25, 0.3) is 0 Å². The third-order valence-corrected chi connectivity index (χ3v) is 1.84. The van der Waals surface area contributed by atoms with E-state index in [1.54, 1.807) is 0 Å². The van der Waals surface area contributed by atoms with Crippen molar-refractivity contribution in [2.24, 2.45) is 0 Å². The van der Waals surface area contributed by atoms with Crippen LogP contribution < -0.4 is 4.90 Å². The molecule has 1 rings (SSSR count). The highest BCUT2D eigenvalue weighted by Crippen LogP contribution is 2.21. The monoisotopic (exact) mass is 241 g/mol. The Bertz CT molecular complexity index is 486. The zero-order valence-corrected chi connectivity index (χ0v) is 8.52. The van der Waals surface area contributed by atoms with E-state index < -0.39 is 17.1 Å². The summed E-state index contributed by atoms with van der Waals surface area (Å²) in [5.41, 5.74) is -0.272. The maximum Gasteiger partial charge on any atom is 0.422 e. The summed E-state index contributed by atoms with van der Waals surface area (Å²) < 4.78 is 0. The quantitative estimate of drug-likeness (QED) is 0.591. The summed E-state index contributed by atoms with van der Waals surface area (Å²) in [5.74, 6) is -0.379. The average Bonchev–Trinajstić information content (AvgIpc) is 2.19. The lowest BCUT2D eigenvalue weighted by Crippen LogP contribution is -2.35. The molecule has 1 aromatic heterocycles. The molecule has 9 nitrogen and oxygen atoms in total. The van der Waals surface area contributed by atoms with Crippen molar-refractivity contribution >= 4 is 23.7 Å². The number of hydrogen-bond donors (Lipinski definition) is 2. The van der Waals surface area contributed by atoms with Crippen molar-refractivity contribution < 1.29 is 24.7 Å². The lowest BCUT2D eigenvalue weighted by molar-refractivity contribution is -0.385. The molecule has 0 bridgehead atoms. The zero-order valence-electron chi connectivity index (χ0n) is 8.52. The number of rotatable bonds is 2. The molecule has 0 aliphatic heterocycles. The van der Waals surface area contributed by atoms with E-state index in [0.29, 0.717) is 0 Å². The van der Waals surface area contributed by atoms with Gasteiger partial charge in [-0.2, -0.15) is 4.90 Å². The number of carboxylic acid groups (broad SMARTS) is 2. The molecule has 0 fully saturated rings. The smallest absolute Gasteiger partial charge is 0.422 e. The van der Waals surface area contributed by atoms with Crippen LogP contribution in [0, 0.1) is 17.0 Å². The molecule has 0 unspecified atom stereocenters. The van der Waals surface area contributed by atoms with Gasteiger partial charge in [-0.05, 0) is 12.5 Å². The maximum atomic E-state index is 10.7. The fourth-order valence-corrected chi connectivity index (χ4v) is 1.15. The number of anilines is 1. The number of imide groups is 1. The van der Waals surface area contributed by atoms with Gasteiger partial charge in [0.2, 0.25) is 0 Å². The van der Waals surface area contributed by atoms with Crippen LogP contribution in [0.4, 0.5) is 21.1 Å². The van der Waals surface area contributed by atoms with E-state index in [0.717, 1.165) is 12.3 Å². The van der Waals surface area contributed by atoms with Crippen molar-refractivity contribution in [1.29, 1.82) is 0 Å². The Kier molecular flexibility index (Phi) is 3.22. The van der Waals surface area contributed by atoms with Gasteiger partial charge in [0.25, 0.3) is 5.69 Å². The van der Waals surface area contributed by atoms with Gasteiger partial charge in [-0.25, -0.2) is 14.6 Å². The first kappa shape index (κ1) is 12.4. The molecule has 2 amide bonds.